The molecule has 3 N–H and O–H groups in total. The summed E-state index contributed by atoms with van der Waals surface area (Å²) in [6, 6.07) is 4.26. The van der Waals surface area contributed by atoms with E-state index in [1.165, 1.54) is 18.7 Å². The molecule has 0 fully saturated rings. The molecule has 0 spiro atoms. The summed E-state index contributed by atoms with van der Waals surface area (Å²) in [5.74, 6) is -1.30. The number of aromatic amines is 1. The topological polar surface area (TPSA) is 121 Å². The van der Waals surface area contributed by atoms with E-state index in [-0.39, 0.29) is 11.8 Å². The van der Waals surface area contributed by atoms with Crippen LogP contribution in [0.4, 0.5) is 0 Å². The van der Waals surface area contributed by atoms with Crippen molar-refractivity contribution in [3.05, 3.63) is 45.1 Å². The molecule has 134 valence electrons. The third-order valence-corrected chi connectivity index (χ3v) is 4.47. The van der Waals surface area contributed by atoms with Crippen molar-refractivity contribution in [1.82, 2.24) is 14.9 Å². The number of thioether (sulfide) groups is 1. The van der Waals surface area contributed by atoms with Gasteiger partial charge in [0.25, 0.3) is 5.56 Å². The number of rotatable bonds is 7. The van der Waals surface area contributed by atoms with E-state index >= 15 is 0 Å². The summed E-state index contributed by atoms with van der Waals surface area (Å²) in [4.78, 5) is 50.9. The first-order valence-corrected chi connectivity index (χ1v) is 9.02. The molecule has 1 amide bonds. The molecule has 2 aromatic rings. The number of hydrogen-bond donors (Lipinski definition) is 3. The van der Waals surface area contributed by atoms with Crippen LogP contribution < -0.4 is 16.6 Å². The maximum absolute atomic E-state index is 12.5. The largest absolute Gasteiger partial charge is 0.480 e. The molecule has 25 heavy (non-hydrogen) atoms. The van der Waals surface area contributed by atoms with Crippen molar-refractivity contribution in [3.63, 3.8) is 0 Å². The molecule has 0 aliphatic heterocycles. The van der Waals surface area contributed by atoms with Crippen LogP contribution in [-0.2, 0) is 9.59 Å². The highest BCUT2D eigenvalue weighted by molar-refractivity contribution is 7.98. The number of aromatic nitrogens is 2. The van der Waals surface area contributed by atoms with E-state index in [0.29, 0.717) is 11.3 Å². The van der Waals surface area contributed by atoms with Crippen molar-refractivity contribution in [2.24, 2.45) is 0 Å². The second kappa shape index (κ2) is 8.02. The van der Waals surface area contributed by atoms with E-state index in [1.54, 1.807) is 24.3 Å². The molecule has 0 saturated carbocycles. The maximum atomic E-state index is 12.5. The van der Waals surface area contributed by atoms with Crippen LogP contribution >= 0.6 is 11.8 Å². The average Bonchev–Trinajstić information content (AvgIpc) is 2.57. The first-order valence-electron chi connectivity index (χ1n) is 7.62. The Morgan fingerprint density at radius 1 is 1.32 bits per heavy atom. The number of amides is 1. The van der Waals surface area contributed by atoms with Gasteiger partial charge in [-0.3, -0.25) is 9.59 Å². The predicted molar refractivity (Wildman–Crippen MR) is 96.1 cm³/mol. The number of H-pyrrole nitrogens is 1. The van der Waals surface area contributed by atoms with Crippen molar-refractivity contribution in [3.8, 4) is 0 Å². The molecule has 0 unspecified atom stereocenters. The van der Waals surface area contributed by atoms with Gasteiger partial charge in [0.15, 0.2) is 0 Å². The Balaban J connectivity index is 2.33. The third-order valence-electron chi connectivity index (χ3n) is 3.83. The Morgan fingerprint density at radius 2 is 2.00 bits per heavy atom. The summed E-state index contributed by atoms with van der Waals surface area (Å²) in [5, 5.41) is 11.9. The summed E-state index contributed by atoms with van der Waals surface area (Å²) in [6.07, 6.45) is 2.08. The minimum absolute atomic E-state index is 0.248. The molecule has 9 heteroatoms. The zero-order valence-corrected chi connectivity index (χ0v) is 14.6. The van der Waals surface area contributed by atoms with Crippen LogP contribution in [0.5, 0.6) is 0 Å². The molecular weight excluding hydrogens is 346 g/mol. The smallest absolute Gasteiger partial charge is 0.329 e. The van der Waals surface area contributed by atoms with E-state index in [9.17, 15) is 24.3 Å². The Labute approximate surface area is 147 Å². The quantitative estimate of drug-likeness (QED) is 0.660. The standard InChI is InChI=1S/C16H19N3O5S/c1-9(13(20)17-12(15(22)23)7-8-25-2)19-14(21)10-5-3-4-6-11(10)18-16(19)24/h3-6,9,12H,7-8H2,1-2H3,(H,17,20)(H,18,24)(H,22,23)/t9-,12+/m1/s1. The number of aliphatic carboxylic acids is 1. The lowest BCUT2D eigenvalue weighted by atomic mass is 10.2. The number of fused-ring (bicyclic) bond motifs is 1. The Bertz CT molecular complexity index is 905. The molecule has 0 aliphatic rings. The minimum Gasteiger partial charge on any atom is -0.480 e. The molecule has 2 atom stereocenters. The highest BCUT2D eigenvalue weighted by Crippen LogP contribution is 2.08. The average molecular weight is 365 g/mol. The van der Waals surface area contributed by atoms with Gasteiger partial charge in [-0.1, -0.05) is 12.1 Å². The number of nitrogens with one attached hydrogen (secondary N) is 2. The van der Waals surface area contributed by atoms with E-state index in [1.807, 2.05) is 6.26 Å². The zero-order chi connectivity index (χ0) is 18.6. The van der Waals surface area contributed by atoms with Gasteiger partial charge in [-0.15, -0.1) is 0 Å². The number of benzene rings is 1. The lowest BCUT2D eigenvalue weighted by Gasteiger charge is -2.18. The Kier molecular flexibility index (Phi) is 6.02. The third kappa shape index (κ3) is 4.11. The fourth-order valence-electron chi connectivity index (χ4n) is 2.43. The van der Waals surface area contributed by atoms with Gasteiger partial charge in [0.1, 0.15) is 12.1 Å². The fraction of sp³-hybridized carbons (Fsp3) is 0.375. The molecule has 1 aromatic carbocycles. The van der Waals surface area contributed by atoms with E-state index in [2.05, 4.69) is 10.3 Å². The van der Waals surface area contributed by atoms with Crippen LogP contribution in [0.15, 0.2) is 33.9 Å². The van der Waals surface area contributed by atoms with Gasteiger partial charge in [-0.05, 0) is 37.5 Å². The van der Waals surface area contributed by atoms with Gasteiger partial charge in [0.2, 0.25) is 5.91 Å². The second-order valence-electron chi connectivity index (χ2n) is 5.51. The summed E-state index contributed by atoms with van der Waals surface area (Å²) >= 11 is 1.46. The van der Waals surface area contributed by atoms with Gasteiger partial charge in [0.05, 0.1) is 10.9 Å². The van der Waals surface area contributed by atoms with Gasteiger partial charge in [-0.2, -0.15) is 11.8 Å². The first-order chi connectivity index (χ1) is 11.9. The monoisotopic (exact) mass is 365 g/mol. The van der Waals surface area contributed by atoms with Gasteiger partial charge in [0, 0.05) is 0 Å². The number of para-hydroxylation sites is 1. The fourth-order valence-corrected chi connectivity index (χ4v) is 2.90. The second-order valence-corrected chi connectivity index (χ2v) is 6.49. The Hall–Kier alpha value is -2.55. The number of hydrogen-bond acceptors (Lipinski definition) is 5. The molecule has 0 saturated heterocycles. The first kappa shape index (κ1) is 18.8. The van der Waals surface area contributed by atoms with Crippen LogP contribution in [0.3, 0.4) is 0 Å². The lowest BCUT2D eigenvalue weighted by molar-refractivity contribution is -0.142. The van der Waals surface area contributed by atoms with Crippen molar-refractivity contribution in [2.75, 3.05) is 12.0 Å². The number of carboxylic acids is 1. The Morgan fingerprint density at radius 3 is 2.64 bits per heavy atom. The predicted octanol–water partition coefficient (Wildman–Crippen LogP) is 0.573. The molecule has 0 radical (unpaired) electrons. The van der Waals surface area contributed by atoms with Crippen LogP contribution in [0, 0.1) is 0 Å². The molecule has 1 heterocycles. The van der Waals surface area contributed by atoms with Crippen molar-refractivity contribution < 1.29 is 14.7 Å². The van der Waals surface area contributed by atoms with E-state index < -0.39 is 35.2 Å². The van der Waals surface area contributed by atoms with E-state index in [0.717, 1.165) is 4.57 Å². The molecular formula is C16H19N3O5S. The SMILES string of the molecule is CSCC[C@H](NC(=O)[C@@H](C)n1c(=O)[nH]c2ccccc2c1=O)C(=O)O. The molecule has 8 nitrogen and oxygen atoms in total. The summed E-state index contributed by atoms with van der Waals surface area (Å²) in [6.45, 7) is 1.38. The maximum Gasteiger partial charge on any atom is 0.329 e. The van der Waals surface area contributed by atoms with Crippen LogP contribution in [0.2, 0.25) is 0 Å². The van der Waals surface area contributed by atoms with Gasteiger partial charge in [-0.25, -0.2) is 14.2 Å². The van der Waals surface area contributed by atoms with E-state index in [4.69, 9.17) is 0 Å². The molecule has 0 aliphatic carbocycles. The number of carbonyl (C=O) groups is 2. The highest BCUT2D eigenvalue weighted by Gasteiger charge is 2.25. The normalized spacial score (nSPS) is 13.4. The highest BCUT2D eigenvalue weighted by atomic mass is 32.2. The van der Waals surface area contributed by atoms with Gasteiger partial charge >= 0.3 is 11.7 Å². The number of carboxylic acid groups (broad SMARTS) is 1. The molecule has 2 rings (SSSR count). The van der Waals surface area contributed by atoms with Gasteiger partial charge < -0.3 is 15.4 Å². The minimum atomic E-state index is -1.16. The molecule has 1 aromatic heterocycles. The summed E-state index contributed by atoms with van der Waals surface area (Å²) in [5.41, 5.74) is -0.940. The van der Waals surface area contributed by atoms with Crippen LogP contribution in [0.25, 0.3) is 10.9 Å². The van der Waals surface area contributed by atoms with Crippen molar-refractivity contribution >= 4 is 34.5 Å². The lowest BCUT2D eigenvalue weighted by Crippen LogP contribution is -2.48. The van der Waals surface area contributed by atoms with Crippen LogP contribution in [0.1, 0.15) is 19.4 Å². The van der Waals surface area contributed by atoms with Crippen molar-refractivity contribution in [1.29, 1.82) is 0 Å². The summed E-state index contributed by atoms with van der Waals surface area (Å²) < 4.78 is 0.797. The molecule has 0 bridgehead atoms. The zero-order valence-electron chi connectivity index (χ0n) is 13.8. The van der Waals surface area contributed by atoms with Crippen molar-refractivity contribution in [2.45, 2.75) is 25.4 Å². The number of carbonyl (C=O) groups excluding carboxylic acids is 1. The summed E-state index contributed by atoms with van der Waals surface area (Å²) in [7, 11) is 0. The van der Waals surface area contributed by atoms with Crippen LogP contribution in [-0.4, -0.2) is 44.6 Å². The number of nitrogens with zero attached hydrogens (tertiary/aromatic N) is 1.